The van der Waals surface area contributed by atoms with E-state index in [1.807, 2.05) is 141 Å². The van der Waals surface area contributed by atoms with E-state index in [0.29, 0.717) is 11.3 Å². The third-order valence-corrected chi connectivity index (χ3v) is 19.2. The number of benzene rings is 16. The highest BCUT2D eigenvalue weighted by molar-refractivity contribution is 5.99. The molecule has 0 aliphatic heterocycles. The zero-order valence-electron chi connectivity index (χ0n) is 64.2. The first kappa shape index (κ1) is 77.1. The van der Waals surface area contributed by atoms with Gasteiger partial charge in [-0.25, -0.2) is 4.85 Å². The van der Waals surface area contributed by atoms with Gasteiger partial charge in [-0.2, -0.15) is 5.26 Å². The van der Waals surface area contributed by atoms with Gasteiger partial charge in [-0.1, -0.05) is 230 Å². The van der Waals surface area contributed by atoms with Crippen LogP contribution in [0.1, 0.15) is 16.7 Å². The summed E-state index contributed by atoms with van der Waals surface area (Å²) in [6.07, 6.45) is 0. The van der Waals surface area contributed by atoms with E-state index in [2.05, 4.69) is 331 Å². The Kier molecular flexibility index (Phi) is 26.8. The van der Waals surface area contributed by atoms with E-state index in [-0.39, 0.29) is 0 Å². The number of methoxy groups -OCH3 is 2. The molecule has 16 rings (SSSR count). The molecule has 0 aliphatic carbocycles. The molecule has 16 aromatic rings. The third kappa shape index (κ3) is 19.9. The second kappa shape index (κ2) is 38.3. The zero-order chi connectivity index (χ0) is 77.1. The molecule has 0 atom stereocenters. The van der Waals surface area contributed by atoms with Crippen molar-refractivity contribution in [2.24, 2.45) is 0 Å². The SMILES string of the molecule is CN(c1ccccc1)c1ccc(C#N)cc1.COc1ccc(N(C)c2cccc3ccccc23)cc1.COc1cccc(N(C)c2cccc3ccccc23)c1.Cc1ccc(N(C)c2cccc3ccccc23)cc1.Cc1cccc(N(C)c2cccc3ccccc23)c1.[C-]#[N+]c1cccc(N(C)c2ccccc2)c1. The van der Waals surface area contributed by atoms with Gasteiger partial charge < -0.3 is 38.9 Å². The molecule has 0 unspecified atom stereocenters. The summed E-state index contributed by atoms with van der Waals surface area (Å²) >= 11 is 0. The van der Waals surface area contributed by atoms with Crippen LogP contribution in [0.5, 0.6) is 11.5 Å². The molecule has 0 heterocycles. The second-order valence-corrected chi connectivity index (χ2v) is 26.4. The fourth-order valence-electron chi connectivity index (χ4n) is 12.9. The normalized spacial score (nSPS) is 10.3. The average molecular weight is 1440 g/mol. The Morgan fingerprint density at radius 3 is 0.964 bits per heavy atom. The van der Waals surface area contributed by atoms with Crippen molar-refractivity contribution in [2.45, 2.75) is 13.8 Å². The lowest BCUT2D eigenvalue weighted by molar-refractivity contribution is 0.415. The quantitative estimate of drug-likeness (QED) is 0.0991. The lowest BCUT2D eigenvalue weighted by atomic mass is 10.1. The van der Waals surface area contributed by atoms with Crippen LogP contribution >= 0.6 is 0 Å². The molecule has 10 heteroatoms. The fraction of sp³-hybridized carbons (Fsp3) is 0.100. The lowest BCUT2D eigenvalue weighted by Gasteiger charge is -2.22. The highest BCUT2D eigenvalue weighted by atomic mass is 16.5. The Labute approximate surface area is 649 Å². The smallest absolute Gasteiger partial charge is 0.189 e. The van der Waals surface area contributed by atoms with Gasteiger partial charge in [0.1, 0.15) is 11.5 Å². The maximum absolute atomic E-state index is 8.72. The first-order valence-electron chi connectivity index (χ1n) is 36.5. The van der Waals surface area contributed by atoms with Gasteiger partial charge in [0.15, 0.2) is 5.69 Å². The molecule has 0 saturated carbocycles. The van der Waals surface area contributed by atoms with Crippen LogP contribution in [-0.4, -0.2) is 56.5 Å². The first-order chi connectivity index (χ1) is 53.7. The largest absolute Gasteiger partial charge is 0.497 e. The van der Waals surface area contributed by atoms with Gasteiger partial charge in [0.25, 0.3) is 0 Å². The lowest BCUT2D eigenvalue weighted by Crippen LogP contribution is -2.09. The van der Waals surface area contributed by atoms with Crippen molar-refractivity contribution >= 4 is 117 Å². The van der Waals surface area contributed by atoms with Crippen molar-refractivity contribution in [3.05, 3.63) is 404 Å². The number of para-hydroxylation sites is 2. The van der Waals surface area contributed by atoms with Gasteiger partial charge in [0.05, 0.1) is 32.4 Å². The van der Waals surface area contributed by atoms with Crippen molar-refractivity contribution in [3.8, 4) is 17.6 Å². The number of rotatable bonds is 14. The molecule has 0 fully saturated rings. The van der Waals surface area contributed by atoms with Crippen LogP contribution in [0, 0.1) is 31.8 Å². The van der Waals surface area contributed by atoms with Crippen molar-refractivity contribution in [3.63, 3.8) is 0 Å². The summed E-state index contributed by atoms with van der Waals surface area (Å²) < 4.78 is 10.5. The number of hydrogen-bond acceptors (Lipinski definition) is 9. The summed E-state index contributed by atoms with van der Waals surface area (Å²) in [7, 11) is 15.8. The molecule has 0 saturated heterocycles. The van der Waals surface area contributed by atoms with Crippen molar-refractivity contribution in [1.82, 2.24) is 0 Å². The van der Waals surface area contributed by atoms with E-state index in [0.717, 1.165) is 45.6 Å². The van der Waals surface area contributed by atoms with Gasteiger partial charge in [-0.3, -0.25) is 0 Å². The molecule has 0 amide bonds. The van der Waals surface area contributed by atoms with E-state index in [1.54, 1.807) is 14.2 Å². The molecule has 544 valence electrons. The molecule has 0 aromatic heterocycles. The fourth-order valence-corrected chi connectivity index (χ4v) is 12.9. The van der Waals surface area contributed by atoms with Crippen LogP contribution < -0.4 is 38.9 Å². The molecule has 0 aliphatic rings. The minimum absolute atomic E-state index is 0.667. The minimum atomic E-state index is 0.667. The molecule has 110 heavy (non-hydrogen) atoms. The van der Waals surface area contributed by atoms with Crippen molar-refractivity contribution in [2.75, 3.05) is 85.9 Å². The van der Waals surface area contributed by atoms with E-state index >= 15 is 0 Å². The van der Waals surface area contributed by atoms with Gasteiger partial charge in [0, 0.05) is 138 Å². The highest BCUT2D eigenvalue weighted by Gasteiger charge is 2.13. The summed E-state index contributed by atoms with van der Waals surface area (Å²) in [5.74, 6) is 1.75. The maximum Gasteiger partial charge on any atom is 0.189 e. The molecule has 0 bridgehead atoms. The summed E-state index contributed by atoms with van der Waals surface area (Å²) in [4.78, 5) is 16.4. The molecule has 0 N–H and O–H groups in total. The highest BCUT2D eigenvalue weighted by Crippen LogP contribution is 2.37. The topological polar surface area (TPSA) is 66.1 Å². The van der Waals surface area contributed by atoms with Crippen LogP contribution in [0.4, 0.5) is 73.9 Å². The van der Waals surface area contributed by atoms with Crippen LogP contribution in [0.2, 0.25) is 0 Å². The van der Waals surface area contributed by atoms with E-state index in [9.17, 15) is 0 Å². The molecular weight excluding hydrogens is 1350 g/mol. The predicted molar refractivity (Wildman–Crippen MR) is 469 cm³/mol. The zero-order valence-corrected chi connectivity index (χ0v) is 64.2. The molecule has 16 aromatic carbocycles. The Morgan fingerprint density at radius 1 is 0.264 bits per heavy atom. The Balaban J connectivity index is 0.000000131. The van der Waals surface area contributed by atoms with Gasteiger partial charge in [-0.15, -0.1) is 0 Å². The third-order valence-electron chi connectivity index (χ3n) is 19.2. The standard InChI is InChI=1S/2C18H17NO.2C18H17N.2C14H12N2/c1-19(15-9-6-10-16(13-15)20-2)18-12-5-8-14-7-3-4-11-17(14)18;1-19(15-10-12-16(20-2)13-11-15)18-9-5-7-14-6-3-4-8-17(14)18;1-14-7-5-10-16(13-14)19(2)18-12-6-9-15-8-3-4-11-17(15)18;1-14-10-12-16(13-11-14)19(2)18-9-5-7-15-6-3-4-8-17(15)18;1-15-12-7-6-10-14(11-12)16(2)13-8-4-3-5-9-13;1-16(13-5-3-2-4-6-13)14-9-7-12(11-15)8-10-14/h2*3-13H,1-2H3;2*3-13H,1-2H3;3-11H,2H3;2-10H,1H3. The molecule has 0 spiro atoms. The number of nitrogens with zero attached hydrogens (tertiary/aromatic N) is 8. The number of nitriles is 1. The van der Waals surface area contributed by atoms with Crippen LogP contribution in [-0.2, 0) is 0 Å². The summed E-state index contributed by atoms with van der Waals surface area (Å²) in [6.45, 7) is 11.2. The second-order valence-electron chi connectivity index (χ2n) is 26.4. The van der Waals surface area contributed by atoms with E-state index in [4.69, 9.17) is 21.3 Å². The van der Waals surface area contributed by atoms with E-state index in [1.165, 1.54) is 88.3 Å². The van der Waals surface area contributed by atoms with Crippen molar-refractivity contribution < 1.29 is 9.47 Å². The van der Waals surface area contributed by atoms with E-state index < -0.39 is 0 Å². The Bertz CT molecular complexity index is 5680. The average Bonchev–Trinajstić information content (AvgIpc) is 0.821. The van der Waals surface area contributed by atoms with Gasteiger partial charge in [0.2, 0.25) is 0 Å². The van der Waals surface area contributed by atoms with Crippen LogP contribution in [0.25, 0.3) is 47.9 Å². The van der Waals surface area contributed by atoms with Crippen molar-refractivity contribution in [1.29, 1.82) is 5.26 Å². The maximum atomic E-state index is 8.72. The minimum Gasteiger partial charge on any atom is -0.497 e. The molecule has 10 nitrogen and oxygen atoms in total. The van der Waals surface area contributed by atoms with Crippen LogP contribution in [0.15, 0.2) is 376 Å². The summed E-state index contributed by atoms with van der Waals surface area (Å²) in [6, 6.07) is 130. The number of ether oxygens (including phenoxy) is 2. The number of anilines is 12. The number of hydrogen-bond donors (Lipinski definition) is 0. The summed E-state index contributed by atoms with van der Waals surface area (Å²) in [5.41, 5.74) is 17.8. The first-order valence-corrected chi connectivity index (χ1v) is 36.5. The molecular formula is C100H92N8O2. The molecule has 0 radical (unpaired) electrons. The Morgan fingerprint density at radius 2 is 0.564 bits per heavy atom. The van der Waals surface area contributed by atoms with Crippen LogP contribution in [0.3, 0.4) is 0 Å². The number of aryl methyl sites for hydroxylation is 2. The number of fused-ring (bicyclic) bond motifs is 4. The van der Waals surface area contributed by atoms with Gasteiger partial charge >= 0.3 is 0 Å². The van der Waals surface area contributed by atoms with Gasteiger partial charge in [-0.05, 0) is 187 Å². The predicted octanol–water partition coefficient (Wildman–Crippen LogP) is 26.4. The summed E-state index contributed by atoms with van der Waals surface area (Å²) in [5, 5.41) is 18.9. The monoisotopic (exact) mass is 1440 g/mol. The Hall–Kier alpha value is -14.1.